The third-order valence-electron chi connectivity index (χ3n) is 12.9. The number of rotatable bonds is 14. The summed E-state index contributed by atoms with van der Waals surface area (Å²) in [5.41, 5.74) is 21.2. The van der Waals surface area contributed by atoms with Gasteiger partial charge in [0.2, 0.25) is 47.3 Å². The lowest BCUT2D eigenvalue weighted by Crippen LogP contribution is -2.62. The van der Waals surface area contributed by atoms with Crippen LogP contribution in [0.3, 0.4) is 0 Å². The predicted molar refractivity (Wildman–Crippen MR) is 307 cm³/mol. The highest BCUT2D eigenvalue weighted by Crippen LogP contribution is 2.24. The standard InChI is InChI=1S/C54H66IN11O10S2/c1-30(67)46-54(76)64-41(24-32-14-6-3-7-15-32)52(74)65-44(47(58)69)29-78-77-28-37(57)48(70)61-40(23-31-12-4-2-5-13-31)50(72)62-42(25-33-19-20-45(68)36(55)22-33)51(73)63-43(26-34-27-59-38-17-9-8-16-35(34)38)53(75)60-39(49(71)66-46)18-10-11-21-56/h2-9,12-17,19-20,22,27,30,37,39-44,46,59,67-68H,10-11,18,21,23-26,28-29,56-57H2,1H3,(H2,58,69)(H,60,75)(H,61,70)(H,62,72)(H,63,73)(H,64,76)(H,65,74)(H,66,71)/t30-,37+,39+,40+,41+,42+,43-,44+,46+/m1/s1. The van der Waals surface area contributed by atoms with Gasteiger partial charge in [-0.05, 0) is 95.8 Å². The lowest BCUT2D eigenvalue weighted by molar-refractivity contribution is -0.137. The molecule has 1 aliphatic heterocycles. The van der Waals surface area contributed by atoms with Crippen molar-refractivity contribution in [1.82, 2.24) is 42.2 Å². The monoisotopic (exact) mass is 1220 g/mol. The van der Waals surface area contributed by atoms with Crippen molar-refractivity contribution in [2.75, 3.05) is 18.1 Å². The fraction of sp³-hybridized carbons (Fsp3) is 0.370. The van der Waals surface area contributed by atoms with E-state index in [1.54, 1.807) is 79.0 Å². The number of aliphatic hydroxyl groups is 1. The Labute approximate surface area is 472 Å². The van der Waals surface area contributed by atoms with E-state index in [0.29, 0.717) is 38.7 Å². The number of aromatic hydroxyl groups is 1. The highest BCUT2D eigenvalue weighted by molar-refractivity contribution is 14.1. The van der Waals surface area contributed by atoms with Gasteiger partial charge in [-0.15, -0.1) is 0 Å². The first-order valence-corrected chi connectivity index (χ1v) is 28.9. The number of phenolic OH excluding ortho intramolecular Hbond substituents is 1. The van der Waals surface area contributed by atoms with E-state index in [9.17, 15) is 48.6 Å². The van der Waals surface area contributed by atoms with Gasteiger partial charge in [0.1, 0.15) is 48.0 Å². The fourth-order valence-corrected chi connectivity index (χ4v) is 11.4. The molecule has 5 aromatic rings. The second kappa shape index (κ2) is 29.9. The van der Waals surface area contributed by atoms with E-state index in [1.165, 1.54) is 13.0 Å². The van der Waals surface area contributed by atoms with Gasteiger partial charge >= 0.3 is 0 Å². The van der Waals surface area contributed by atoms with Crippen LogP contribution in [-0.2, 0) is 64.0 Å². The molecule has 24 heteroatoms. The topological polar surface area (TPSA) is 355 Å². The average molecular weight is 1220 g/mol. The van der Waals surface area contributed by atoms with Gasteiger partial charge in [-0.1, -0.05) is 107 Å². The summed E-state index contributed by atoms with van der Waals surface area (Å²) in [7, 11) is 2.18. The number of para-hydroxylation sites is 1. The Morgan fingerprint density at radius 1 is 0.615 bits per heavy atom. The molecular weight excluding hydrogens is 1150 g/mol. The number of H-pyrrole nitrogens is 1. The number of aliphatic hydroxyl groups excluding tert-OH is 1. The van der Waals surface area contributed by atoms with Crippen LogP contribution in [0.25, 0.3) is 10.9 Å². The molecule has 6 rings (SSSR count). The molecule has 16 N–H and O–H groups in total. The van der Waals surface area contributed by atoms with Gasteiger partial charge in [0.25, 0.3) is 0 Å². The van der Waals surface area contributed by atoms with Crippen LogP contribution in [0.15, 0.2) is 109 Å². The molecule has 416 valence electrons. The summed E-state index contributed by atoms with van der Waals surface area (Å²) in [5.74, 6) is -6.85. The molecule has 0 radical (unpaired) electrons. The van der Waals surface area contributed by atoms with Crippen LogP contribution < -0.4 is 54.4 Å². The smallest absolute Gasteiger partial charge is 0.245 e. The number of aromatic amines is 1. The summed E-state index contributed by atoms with van der Waals surface area (Å²) < 4.78 is 0.458. The SMILES string of the molecule is C[C@@H](O)[C@@H]1NC(=O)[C@H](CCCCN)NC(=O)[C@@H](Cc2c[nH]c3ccccc23)NC(=O)[C@H](Cc2ccc(O)c(I)c2)NC(=O)[C@H](Cc2ccccc2)NC(=O)[C@@H](N)CSSC[C@@H](C(N)=O)NC(=O)[C@H](Cc2ccccc2)NC1=O. The molecule has 0 unspecified atom stereocenters. The van der Waals surface area contributed by atoms with Crippen molar-refractivity contribution < 1.29 is 48.6 Å². The van der Waals surface area contributed by atoms with Crippen molar-refractivity contribution in [2.24, 2.45) is 17.2 Å². The summed E-state index contributed by atoms with van der Waals surface area (Å²) in [6.45, 7) is 1.51. The molecule has 4 aromatic carbocycles. The normalized spacial score (nSPS) is 23.4. The Morgan fingerprint density at radius 3 is 1.69 bits per heavy atom. The van der Waals surface area contributed by atoms with E-state index in [0.717, 1.165) is 32.5 Å². The number of primary amides is 1. The maximum Gasteiger partial charge on any atom is 0.245 e. The van der Waals surface area contributed by atoms with E-state index in [-0.39, 0.29) is 55.9 Å². The van der Waals surface area contributed by atoms with Gasteiger partial charge in [0, 0.05) is 54.3 Å². The number of amides is 8. The van der Waals surface area contributed by atoms with Gasteiger partial charge in [0.05, 0.1) is 15.7 Å². The number of carbonyl (C=O) groups is 8. The van der Waals surface area contributed by atoms with Gasteiger partial charge in [-0.2, -0.15) is 0 Å². The van der Waals surface area contributed by atoms with Crippen LogP contribution in [0, 0.1) is 3.57 Å². The minimum Gasteiger partial charge on any atom is -0.507 e. The van der Waals surface area contributed by atoms with Crippen LogP contribution >= 0.6 is 44.2 Å². The number of nitrogens with one attached hydrogen (secondary N) is 8. The fourth-order valence-electron chi connectivity index (χ4n) is 8.53. The molecule has 2 heterocycles. The van der Waals surface area contributed by atoms with Crippen LogP contribution in [0.5, 0.6) is 5.75 Å². The molecule has 0 aliphatic carbocycles. The second-order valence-corrected chi connectivity index (χ2v) is 22.6. The Balaban J connectivity index is 1.41. The number of aromatic nitrogens is 1. The minimum absolute atomic E-state index is 0.00311. The van der Waals surface area contributed by atoms with Gasteiger partial charge in [0.15, 0.2) is 0 Å². The molecule has 1 saturated heterocycles. The second-order valence-electron chi connectivity index (χ2n) is 18.9. The molecule has 8 amide bonds. The van der Waals surface area contributed by atoms with E-state index < -0.39 is 102 Å². The number of halogens is 1. The molecule has 78 heavy (non-hydrogen) atoms. The van der Waals surface area contributed by atoms with Crippen molar-refractivity contribution in [2.45, 2.75) is 106 Å². The lowest BCUT2D eigenvalue weighted by Gasteiger charge is -2.29. The molecule has 1 aliphatic rings. The van der Waals surface area contributed by atoms with Crippen molar-refractivity contribution >= 4 is 102 Å². The zero-order chi connectivity index (χ0) is 56.3. The first kappa shape index (κ1) is 60.5. The third-order valence-corrected chi connectivity index (χ3v) is 16.2. The Bertz CT molecular complexity index is 2880. The number of hydrogen-bond donors (Lipinski definition) is 13. The van der Waals surface area contributed by atoms with Crippen LogP contribution in [0.1, 0.15) is 48.4 Å². The zero-order valence-corrected chi connectivity index (χ0v) is 46.5. The molecule has 0 spiro atoms. The lowest BCUT2D eigenvalue weighted by atomic mass is 10.00. The summed E-state index contributed by atoms with van der Waals surface area (Å²) in [6.07, 6.45) is 0.496. The largest absolute Gasteiger partial charge is 0.507 e. The Morgan fingerprint density at radius 2 is 1.12 bits per heavy atom. The van der Waals surface area contributed by atoms with E-state index >= 15 is 0 Å². The number of nitrogens with two attached hydrogens (primary N) is 3. The highest BCUT2D eigenvalue weighted by atomic mass is 127. The number of fused-ring (bicyclic) bond motifs is 1. The molecule has 1 aromatic heterocycles. The maximum atomic E-state index is 14.9. The number of benzene rings is 4. The summed E-state index contributed by atoms with van der Waals surface area (Å²) in [4.78, 5) is 117. The quantitative estimate of drug-likeness (QED) is 0.0417. The van der Waals surface area contributed by atoms with Gasteiger partial charge in [-0.3, -0.25) is 38.4 Å². The summed E-state index contributed by atoms with van der Waals surface area (Å²) >= 11 is 1.93. The van der Waals surface area contributed by atoms with E-state index in [2.05, 4.69) is 42.2 Å². The van der Waals surface area contributed by atoms with Crippen molar-refractivity contribution in [1.29, 1.82) is 0 Å². The van der Waals surface area contributed by atoms with E-state index in [1.807, 2.05) is 46.9 Å². The molecule has 0 saturated carbocycles. The predicted octanol–water partition coefficient (Wildman–Crippen LogP) is 0.860. The van der Waals surface area contributed by atoms with Crippen molar-refractivity contribution in [3.05, 3.63) is 135 Å². The molecule has 21 nitrogen and oxygen atoms in total. The van der Waals surface area contributed by atoms with Crippen molar-refractivity contribution in [3.8, 4) is 5.75 Å². The number of hydrogen-bond acceptors (Lipinski definition) is 14. The third kappa shape index (κ3) is 17.9. The van der Waals surface area contributed by atoms with Gasteiger partial charge in [-0.25, -0.2) is 0 Å². The first-order valence-electron chi connectivity index (χ1n) is 25.3. The first-order chi connectivity index (χ1) is 37.4. The zero-order valence-electron chi connectivity index (χ0n) is 42.7. The number of phenols is 1. The van der Waals surface area contributed by atoms with Crippen LogP contribution in [-0.4, -0.2) is 135 Å². The van der Waals surface area contributed by atoms with E-state index in [4.69, 9.17) is 17.2 Å². The van der Waals surface area contributed by atoms with Crippen molar-refractivity contribution in [3.63, 3.8) is 0 Å². The molecular formula is C54H66IN11O10S2. The minimum atomic E-state index is -1.68. The summed E-state index contributed by atoms with van der Waals surface area (Å²) in [5, 5.41) is 41.1. The maximum absolute atomic E-state index is 14.9. The van der Waals surface area contributed by atoms with Crippen LogP contribution in [0.4, 0.5) is 0 Å². The molecule has 0 bridgehead atoms. The molecule has 9 atom stereocenters. The van der Waals surface area contributed by atoms with Gasteiger partial charge < -0.3 is 69.6 Å². The number of carbonyl (C=O) groups excluding carboxylic acids is 8. The molecule has 1 fully saturated rings. The number of unbranched alkanes of at least 4 members (excludes halogenated alkanes) is 1. The summed E-state index contributed by atoms with van der Waals surface area (Å²) in [6, 6.07) is 18.4. The van der Waals surface area contributed by atoms with Crippen LogP contribution in [0.2, 0.25) is 0 Å². The Hall–Kier alpha value is -6.71. The Kier molecular flexibility index (Phi) is 23.2. The highest BCUT2D eigenvalue weighted by Gasteiger charge is 2.36. The average Bonchev–Trinajstić information content (AvgIpc) is 3.83.